The number of hydrogen-bond donors (Lipinski definition) is 0. The Hall–Kier alpha value is 0.360. The molecule has 0 amide bonds. The maximum absolute atomic E-state index is 10.9. The molecule has 13 heavy (non-hydrogen) atoms. The normalized spacial score (nSPS) is 11.0. The monoisotopic (exact) mass is 342 g/mol. The highest BCUT2D eigenvalue weighted by atomic mass is 79.9. The average molecular weight is 344 g/mol. The summed E-state index contributed by atoms with van der Waals surface area (Å²) in [5.41, 5.74) is 0. The van der Waals surface area contributed by atoms with Crippen LogP contribution in [0.4, 0.5) is 0 Å². The second-order valence-corrected chi connectivity index (χ2v) is 5.02. The highest BCUT2D eigenvalue weighted by Gasteiger charge is 2.03. The maximum atomic E-state index is 10.9. The van der Waals surface area contributed by atoms with Crippen LogP contribution in [0.1, 0.15) is 4.88 Å². The van der Waals surface area contributed by atoms with Gasteiger partial charge in [0.2, 0.25) is 0 Å². The fourth-order valence-electron chi connectivity index (χ4n) is 0.662. The van der Waals surface area contributed by atoms with Crippen molar-refractivity contribution in [1.82, 2.24) is 0 Å². The largest absolute Gasteiger partial charge is 0.294 e. The van der Waals surface area contributed by atoms with Crippen molar-refractivity contribution < 1.29 is 4.79 Å². The Morgan fingerprint density at radius 1 is 1.62 bits per heavy atom. The van der Waals surface area contributed by atoms with Crippen molar-refractivity contribution in [2.75, 3.05) is 5.88 Å². The Kier molecular flexibility index (Phi) is 4.66. The van der Waals surface area contributed by atoms with Crippen LogP contribution in [0.5, 0.6) is 0 Å². The molecule has 0 aromatic carbocycles. The van der Waals surface area contributed by atoms with E-state index >= 15 is 0 Å². The lowest BCUT2D eigenvalue weighted by molar-refractivity contribution is -0.112. The van der Waals surface area contributed by atoms with Gasteiger partial charge in [-0.2, -0.15) is 0 Å². The highest BCUT2D eigenvalue weighted by molar-refractivity contribution is 9.13. The number of halogens is 3. The number of hydrogen-bond acceptors (Lipinski definition) is 2. The van der Waals surface area contributed by atoms with Gasteiger partial charge in [0, 0.05) is 19.2 Å². The molecule has 1 heterocycles. The molecule has 0 fully saturated rings. The lowest BCUT2D eigenvalue weighted by atomic mass is 10.3. The first-order valence-electron chi connectivity index (χ1n) is 3.34. The lowest BCUT2D eigenvalue weighted by Crippen LogP contribution is -1.91. The first-order valence-corrected chi connectivity index (χ1v) is 6.34. The SMILES string of the molecule is O=C(/C=C/c1scc(Br)c1Br)CCl. The molecule has 70 valence electrons. The summed E-state index contributed by atoms with van der Waals surface area (Å²) >= 11 is 13.6. The van der Waals surface area contributed by atoms with Gasteiger partial charge in [-0.3, -0.25) is 4.79 Å². The van der Waals surface area contributed by atoms with Gasteiger partial charge in [0.1, 0.15) is 0 Å². The van der Waals surface area contributed by atoms with E-state index in [1.165, 1.54) is 6.08 Å². The minimum absolute atomic E-state index is 0.0284. The van der Waals surface area contributed by atoms with Crippen LogP contribution in [0.2, 0.25) is 0 Å². The molecule has 0 spiro atoms. The Labute approximate surface area is 102 Å². The predicted molar refractivity (Wildman–Crippen MR) is 64.5 cm³/mol. The van der Waals surface area contributed by atoms with Crippen LogP contribution in [0.15, 0.2) is 20.4 Å². The van der Waals surface area contributed by atoms with Gasteiger partial charge in [-0.15, -0.1) is 22.9 Å². The third-order valence-electron chi connectivity index (χ3n) is 1.27. The summed E-state index contributed by atoms with van der Waals surface area (Å²) in [6.45, 7) is 0. The fraction of sp³-hybridized carbons (Fsp3) is 0.125. The number of carbonyl (C=O) groups is 1. The molecule has 0 radical (unpaired) electrons. The van der Waals surface area contributed by atoms with Crippen molar-refractivity contribution >= 4 is 66.7 Å². The molecule has 0 atom stereocenters. The first-order chi connectivity index (χ1) is 6.15. The van der Waals surface area contributed by atoms with Crippen molar-refractivity contribution in [1.29, 1.82) is 0 Å². The summed E-state index contributed by atoms with van der Waals surface area (Å²) in [5.74, 6) is -0.0567. The topological polar surface area (TPSA) is 17.1 Å². The smallest absolute Gasteiger partial charge is 0.170 e. The molecular formula is C8H5Br2ClOS. The Morgan fingerprint density at radius 2 is 2.31 bits per heavy atom. The van der Waals surface area contributed by atoms with Gasteiger partial charge >= 0.3 is 0 Å². The second-order valence-electron chi connectivity index (χ2n) is 2.20. The number of carbonyl (C=O) groups excluding carboxylic acids is 1. The summed E-state index contributed by atoms with van der Waals surface area (Å²) in [4.78, 5) is 11.9. The molecule has 1 aromatic heterocycles. The van der Waals surface area contributed by atoms with Crippen molar-refractivity contribution in [3.05, 3.63) is 25.3 Å². The zero-order valence-corrected chi connectivity index (χ0v) is 11.1. The first kappa shape index (κ1) is 11.4. The van der Waals surface area contributed by atoms with E-state index in [0.29, 0.717) is 0 Å². The Bertz CT molecular complexity index is 346. The van der Waals surface area contributed by atoms with E-state index in [9.17, 15) is 4.79 Å². The summed E-state index contributed by atoms with van der Waals surface area (Å²) in [6, 6.07) is 0. The number of rotatable bonds is 3. The van der Waals surface area contributed by atoms with E-state index in [2.05, 4.69) is 31.9 Å². The average Bonchev–Trinajstić information content (AvgIpc) is 2.44. The van der Waals surface area contributed by atoms with Gasteiger partial charge in [0.15, 0.2) is 5.78 Å². The van der Waals surface area contributed by atoms with Crippen molar-refractivity contribution in [2.24, 2.45) is 0 Å². The molecule has 0 N–H and O–H groups in total. The minimum Gasteiger partial charge on any atom is -0.294 e. The van der Waals surface area contributed by atoms with Crippen molar-refractivity contribution in [2.45, 2.75) is 0 Å². The zero-order chi connectivity index (χ0) is 9.84. The van der Waals surface area contributed by atoms with Gasteiger partial charge in [0.05, 0.1) is 5.88 Å². The molecule has 1 nitrogen and oxygen atoms in total. The van der Waals surface area contributed by atoms with E-state index in [4.69, 9.17) is 11.6 Å². The molecular weight excluding hydrogens is 339 g/mol. The van der Waals surface area contributed by atoms with Gasteiger partial charge in [-0.25, -0.2) is 0 Å². The van der Waals surface area contributed by atoms with Crippen LogP contribution in [0.25, 0.3) is 6.08 Å². The van der Waals surface area contributed by atoms with E-state index in [-0.39, 0.29) is 11.7 Å². The number of allylic oxidation sites excluding steroid dienone is 1. The third kappa shape index (κ3) is 3.20. The van der Waals surface area contributed by atoms with Gasteiger partial charge in [0.25, 0.3) is 0 Å². The van der Waals surface area contributed by atoms with E-state index < -0.39 is 0 Å². The number of alkyl halides is 1. The molecule has 0 saturated carbocycles. The summed E-state index contributed by atoms with van der Waals surface area (Å²) in [5, 5.41) is 1.95. The minimum atomic E-state index is -0.0851. The van der Waals surface area contributed by atoms with Crippen molar-refractivity contribution in [3.8, 4) is 0 Å². The second kappa shape index (κ2) is 5.29. The van der Waals surface area contributed by atoms with Crippen LogP contribution in [0, 0.1) is 0 Å². The van der Waals surface area contributed by atoms with E-state index in [1.807, 2.05) is 5.38 Å². The van der Waals surface area contributed by atoms with Gasteiger partial charge in [-0.05, 0) is 44.0 Å². The van der Waals surface area contributed by atoms with Crippen LogP contribution in [-0.4, -0.2) is 11.7 Å². The molecule has 5 heteroatoms. The van der Waals surface area contributed by atoms with Gasteiger partial charge < -0.3 is 0 Å². The summed E-state index contributed by atoms with van der Waals surface area (Å²) < 4.78 is 1.96. The fourth-order valence-corrected chi connectivity index (χ4v) is 2.76. The van der Waals surface area contributed by atoms with Gasteiger partial charge in [-0.1, -0.05) is 0 Å². The number of thiophene rings is 1. The summed E-state index contributed by atoms with van der Waals surface area (Å²) in [7, 11) is 0. The Balaban J connectivity index is 2.80. The molecule has 0 aliphatic heterocycles. The van der Waals surface area contributed by atoms with Crippen LogP contribution in [-0.2, 0) is 4.79 Å². The maximum Gasteiger partial charge on any atom is 0.170 e. The molecule has 0 saturated heterocycles. The lowest BCUT2D eigenvalue weighted by Gasteiger charge is -1.88. The molecule has 0 aliphatic rings. The van der Waals surface area contributed by atoms with E-state index in [0.717, 1.165) is 13.8 Å². The van der Waals surface area contributed by atoms with Crippen LogP contribution >= 0.6 is 54.8 Å². The third-order valence-corrected chi connectivity index (χ3v) is 5.06. The summed E-state index contributed by atoms with van der Waals surface area (Å²) in [6.07, 6.45) is 3.24. The van der Waals surface area contributed by atoms with E-state index in [1.54, 1.807) is 17.4 Å². The quantitative estimate of drug-likeness (QED) is 0.596. The standard InChI is InChI=1S/C8H5Br2ClOS/c9-6-4-13-7(8(6)10)2-1-5(12)3-11/h1-2,4H,3H2/b2-1+. The molecule has 1 aromatic rings. The molecule has 1 rings (SSSR count). The van der Waals surface area contributed by atoms with Crippen LogP contribution < -0.4 is 0 Å². The zero-order valence-electron chi connectivity index (χ0n) is 6.39. The number of ketones is 1. The molecule has 0 aliphatic carbocycles. The predicted octanol–water partition coefficient (Wildman–Crippen LogP) is 4.09. The van der Waals surface area contributed by atoms with Crippen LogP contribution in [0.3, 0.4) is 0 Å². The molecule has 0 unspecified atom stereocenters. The molecule has 0 bridgehead atoms. The van der Waals surface area contributed by atoms with Crippen molar-refractivity contribution in [3.63, 3.8) is 0 Å². The highest BCUT2D eigenvalue weighted by Crippen LogP contribution is 2.33. The Morgan fingerprint density at radius 3 is 2.77 bits per heavy atom.